The molecule has 1 aromatic rings. The minimum atomic E-state index is 0.281. The van der Waals surface area contributed by atoms with Gasteiger partial charge in [-0.3, -0.25) is 4.68 Å². The van der Waals surface area contributed by atoms with Gasteiger partial charge >= 0.3 is 0 Å². The van der Waals surface area contributed by atoms with Crippen molar-refractivity contribution in [3.8, 4) is 0 Å². The molecule has 0 fully saturated rings. The normalized spacial score (nSPS) is 10.9. The van der Waals surface area contributed by atoms with Crippen molar-refractivity contribution in [3.63, 3.8) is 0 Å². The molecule has 1 rings (SSSR count). The van der Waals surface area contributed by atoms with Crippen molar-refractivity contribution in [2.45, 2.75) is 45.7 Å². The molecule has 16 heavy (non-hydrogen) atoms. The van der Waals surface area contributed by atoms with Crippen LogP contribution in [0.5, 0.6) is 0 Å². The highest BCUT2D eigenvalue weighted by Gasteiger charge is 1.99. The molecule has 0 amide bonds. The number of aliphatic hydroxyl groups is 1. The lowest BCUT2D eigenvalue weighted by molar-refractivity contribution is 0.281. The highest BCUT2D eigenvalue weighted by atomic mass is 16.2. The third-order valence-corrected chi connectivity index (χ3v) is 2.36. The van der Waals surface area contributed by atoms with Crippen LogP contribution in [0.3, 0.4) is 0 Å². The predicted octanol–water partition coefficient (Wildman–Crippen LogP) is 0.940. The van der Waals surface area contributed by atoms with Crippen LogP contribution >= 0.6 is 0 Å². The number of hydrogen-bond donors (Lipinski definition) is 2. The maximum absolute atomic E-state index is 8.65. The lowest BCUT2D eigenvalue weighted by atomic mass is 10.2. The number of hydrogen-bond acceptors (Lipinski definition) is 4. The molecule has 0 saturated heterocycles. The number of nitrogens with zero attached hydrogens (tertiary/aromatic N) is 3. The maximum Gasteiger partial charge on any atom is 0.0964 e. The van der Waals surface area contributed by atoms with Gasteiger partial charge in [0.05, 0.1) is 5.69 Å². The van der Waals surface area contributed by atoms with Crippen molar-refractivity contribution in [1.29, 1.82) is 0 Å². The summed E-state index contributed by atoms with van der Waals surface area (Å²) < 4.78 is 1.88. The van der Waals surface area contributed by atoms with Crippen LogP contribution in [0.2, 0.25) is 0 Å². The van der Waals surface area contributed by atoms with Gasteiger partial charge in [0.15, 0.2) is 0 Å². The van der Waals surface area contributed by atoms with Gasteiger partial charge in [-0.2, -0.15) is 0 Å². The number of unbranched alkanes of at least 4 members (excludes halogenated alkanes) is 2. The van der Waals surface area contributed by atoms with E-state index in [-0.39, 0.29) is 6.61 Å². The number of aromatic nitrogens is 3. The second kappa shape index (κ2) is 8.24. The van der Waals surface area contributed by atoms with Crippen LogP contribution in [0.15, 0.2) is 6.20 Å². The molecule has 1 aromatic heterocycles. The first kappa shape index (κ1) is 13.1. The van der Waals surface area contributed by atoms with Crippen LogP contribution in [0.4, 0.5) is 0 Å². The lowest BCUT2D eigenvalue weighted by Gasteiger charge is -1.99. The Hall–Kier alpha value is -0.940. The van der Waals surface area contributed by atoms with E-state index in [1.807, 2.05) is 10.9 Å². The van der Waals surface area contributed by atoms with Crippen molar-refractivity contribution in [1.82, 2.24) is 20.3 Å². The Balaban J connectivity index is 2.17. The quantitative estimate of drug-likeness (QED) is 0.615. The smallest absolute Gasteiger partial charge is 0.0964 e. The summed E-state index contributed by atoms with van der Waals surface area (Å²) in [6.07, 6.45) is 6.09. The highest BCUT2D eigenvalue weighted by Crippen LogP contribution is 1.99. The molecule has 1 heterocycles. The first-order valence-electron chi connectivity index (χ1n) is 6.07. The zero-order valence-corrected chi connectivity index (χ0v) is 10.0. The zero-order valence-electron chi connectivity index (χ0n) is 10.0. The van der Waals surface area contributed by atoms with Gasteiger partial charge in [0, 0.05) is 25.9 Å². The van der Waals surface area contributed by atoms with Crippen molar-refractivity contribution in [2.75, 3.05) is 13.2 Å². The van der Waals surface area contributed by atoms with E-state index in [4.69, 9.17) is 5.11 Å². The van der Waals surface area contributed by atoms with E-state index >= 15 is 0 Å². The number of aryl methyl sites for hydroxylation is 1. The first-order chi connectivity index (χ1) is 7.86. The average molecular weight is 226 g/mol. The van der Waals surface area contributed by atoms with Crippen LogP contribution in [0.1, 0.15) is 38.3 Å². The monoisotopic (exact) mass is 226 g/mol. The first-order valence-corrected chi connectivity index (χ1v) is 6.07. The molecular weight excluding hydrogens is 204 g/mol. The Bertz CT molecular complexity index is 275. The van der Waals surface area contributed by atoms with Gasteiger partial charge in [-0.1, -0.05) is 12.1 Å². The van der Waals surface area contributed by atoms with E-state index in [1.165, 1.54) is 0 Å². The molecule has 0 bridgehead atoms. The van der Waals surface area contributed by atoms with Gasteiger partial charge in [0.1, 0.15) is 0 Å². The lowest BCUT2D eigenvalue weighted by Crippen LogP contribution is -2.13. The SMILES string of the molecule is CCCNCc1cn(CCCCCO)nn1. The van der Waals surface area contributed by atoms with Crippen LogP contribution in [-0.2, 0) is 13.1 Å². The van der Waals surface area contributed by atoms with Gasteiger partial charge in [0.2, 0.25) is 0 Å². The molecule has 0 spiro atoms. The zero-order chi connectivity index (χ0) is 11.6. The molecule has 0 atom stereocenters. The Kier molecular flexibility index (Phi) is 6.76. The van der Waals surface area contributed by atoms with Crippen LogP contribution in [-0.4, -0.2) is 33.3 Å². The summed E-state index contributed by atoms with van der Waals surface area (Å²) in [6.45, 7) is 5.13. The summed E-state index contributed by atoms with van der Waals surface area (Å²) in [6, 6.07) is 0. The van der Waals surface area contributed by atoms with Gasteiger partial charge in [-0.15, -0.1) is 5.10 Å². The van der Waals surface area contributed by atoms with Crippen molar-refractivity contribution >= 4 is 0 Å². The van der Waals surface area contributed by atoms with E-state index in [1.54, 1.807) is 0 Å². The number of nitrogens with one attached hydrogen (secondary N) is 1. The van der Waals surface area contributed by atoms with Gasteiger partial charge < -0.3 is 10.4 Å². The van der Waals surface area contributed by atoms with Gasteiger partial charge in [-0.05, 0) is 32.2 Å². The topological polar surface area (TPSA) is 63.0 Å². The molecular formula is C11H22N4O. The van der Waals surface area contributed by atoms with E-state index in [9.17, 15) is 0 Å². The second-order valence-corrected chi connectivity index (χ2v) is 3.93. The number of rotatable bonds is 9. The summed E-state index contributed by atoms with van der Waals surface area (Å²) in [5.41, 5.74) is 0.996. The average Bonchev–Trinajstić information content (AvgIpc) is 2.73. The summed E-state index contributed by atoms with van der Waals surface area (Å²) in [5.74, 6) is 0. The fraction of sp³-hybridized carbons (Fsp3) is 0.818. The molecule has 5 heteroatoms. The minimum absolute atomic E-state index is 0.281. The Morgan fingerprint density at radius 1 is 1.38 bits per heavy atom. The summed E-state index contributed by atoms with van der Waals surface area (Å²) >= 11 is 0. The molecule has 0 aliphatic carbocycles. The van der Waals surface area contributed by atoms with E-state index in [0.29, 0.717) is 0 Å². The van der Waals surface area contributed by atoms with Crippen LogP contribution < -0.4 is 5.32 Å². The molecule has 2 N–H and O–H groups in total. The summed E-state index contributed by atoms with van der Waals surface area (Å²) in [7, 11) is 0. The maximum atomic E-state index is 8.65. The van der Waals surface area contributed by atoms with Crippen molar-refractivity contribution in [2.24, 2.45) is 0 Å². The van der Waals surface area contributed by atoms with E-state index in [0.717, 1.165) is 51.0 Å². The van der Waals surface area contributed by atoms with Crippen molar-refractivity contribution in [3.05, 3.63) is 11.9 Å². The van der Waals surface area contributed by atoms with Gasteiger partial charge in [-0.25, -0.2) is 0 Å². The van der Waals surface area contributed by atoms with Crippen LogP contribution in [0, 0.1) is 0 Å². The third kappa shape index (κ3) is 5.23. The Labute approximate surface area is 96.9 Å². The van der Waals surface area contributed by atoms with Crippen molar-refractivity contribution < 1.29 is 5.11 Å². The van der Waals surface area contributed by atoms with E-state index < -0.39 is 0 Å². The molecule has 0 unspecified atom stereocenters. The minimum Gasteiger partial charge on any atom is -0.396 e. The molecule has 0 aliphatic rings. The Morgan fingerprint density at radius 3 is 3.00 bits per heavy atom. The molecule has 0 aliphatic heterocycles. The largest absolute Gasteiger partial charge is 0.396 e. The fourth-order valence-electron chi connectivity index (χ4n) is 1.48. The third-order valence-electron chi connectivity index (χ3n) is 2.36. The standard InChI is InChI=1S/C11H22N4O/c1-2-6-12-9-11-10-15(14-13-11)7-4-3-5-8-16/h10,12,16H,2-9H2,1H3. The fourth-order valence-corrected chi connectivity index (χ4v) is 1.48. The van der Waals surface area contributed by atoms with E-state index in [2.05, 4.69) is 22.6 Å². The molecule has 5 nitrogen and oxygen atoms in total. The summed E-state index contributed by atoms with van der Waals surface area (Å²) in [4.78, 5) is 0. The molecule has 92 valence electrons. The summed E-state index contributed by atoms with van der Waals surface area (Å²) in [5, 5.41) is 20.1. The molecule has 0 aromatic carbocycles. The van der Waals surface area contributed by atoms with Gasteiger partial charge in [0.25, 0.3) is 0 Å². The van der Waals surface area contributed by atoms with Crippen LogP contribution in [0.25, 0.3) is 0 Å². The second-order valence-electron chi connectivity index (χ2n) is 3.93. The Morgan fingerprint density at radius 2 is 2.25 bits per heavy atom. The number of aliphatic hydroxyl groups excluding tert-OH is 1. The molecule has 0 saturated carbocycles. The predicted molar refractivity (Wildman–Crippen MR) is 63.0 cm³/mol. The molecule has 0 radical (unpaired) electrons. The highest BCUT2D eigenvalue weighted by molar-refractivity contribution is 4.91.